The van der Waals surface area contributed by atoms with Gasteiger partial charge in [0.05, 0.1) is 34.0 Å². The van der Waals surface area contributed by atoms with Crippen molar-refractivity contribution in [3.05, 3.63) is 120 Å². The zero-order valence-corrected chi connectivity index (χ0v) is 22.2. The molecule has 1 unspecified atom stereocenters. The third kappa shape index (κ3) is 5.50. The summed E-state index contributed by atoms with van der Waals surface area (Å²) >= 11 is 1.15. The number of thiazole rings is 1. The molecule has 206 valence electrons. The van der Waals surface area contributed by atoms with Crippen molar-refractivity contribution in [1.82, 2.24) is 4.57 Å². The van der Waals surface area contributed by atoms with Crippen LogP contribution in [0.5, 0.6) is 5.75 Å². The Labute approximate surface area is 230 Å². The fourth-order valence-electron chi connectivity index (χ4n) is 4.34. The number of allylic oxidation sites excluding steroid dienone is 1. The van der Waals surface area contributed by atoms with Crippen molar-refractivity contribution in [2.24, 2.45) is 4.99 Å². The van der Waals surface area contributed by atoms with Crippen molar-refractivity contribution in [3.63, 3.8) is 0 Å². The maximum absolute atomic E-state index is 13.6. The van der Waals surface area contributed by atoms with Gasteiger partial charge in [-0.05, 0) is 49.7 Å². The molecule has 0 spiro atoms. The number of carbonyl (C=O) groups excluding carboxylic acids is 1. The van der Waals surface area contributed by atoms with Crippen molar-refractivity contribution >= 4 is 23.4 Å². The van der Waals surface area contributed by atoms with E-state index < -0.39 is 23.8 Å². The molecule has 0 bridgehead atoms. The van der Waals surface area contributed by atoms with E-state index in [2.05, 4.69) is 4.99 Å². The number of furan rings is 1. The Bertz CT molecular complexity index is 1770. The Balaban J connectivity index is 1.46. The van der Waals surface area contributed by atoms with Gasteiger partial charge in [-0.1, -0.05) is 47.7 Å². The quantitative estimate of drug-likeness (QED) is 0.294. The Hall–Kier alpha value is -4.38. The number of nitrogens with zero attached hydrogens (tertiary/aromatic N) is 2. The highest BCUT2D eigenvalue weighted by molar-refractivity contribution is 7.07. The first-order chi connectivity index (χ1) is 19.2. The van der Waals surface area contributed by atoms with E-state index in [0.29, 0.717) is 32.1 Å². The number of ether oxygens (including phenoxy) is 2. The topological polar surface area (TPSA) is 83.0 Å². The number of esters is 1. The lowest BCUT2D eigenvalue weighted by atomic mass is 9.96. The number of alkyl halides is 3. The Morgan fingerprint density at radius 1 is 1.12 bits per heavy atom. The SMILES string of the molecule is CCOC(=O)C1=C(C)N=c2s/c(=C/c3ccc(COc4cccc(C(F)(F)F)c4)o3)c(=O)n2C1c1ccccc1. The van der Waals surface area contributed by atoms with E-state index in [1.165, 1.54) is 16.7 Å². The van der Waals surface area contributed by atoms with Gasteiger partial charge in [-0.2, -0.15) is 13.2 Å². The number of rotatable bonds is 7. The lowest BCUT2D eigenvalue weighted by molar-refractivity contribution is -0.139. The largest absolute Gasteiger partial charge is 0.486 e. The summed E-state index contributed by atoms with van der Waals surface area (Å²) < 4.78 is 57.2. The average Bonchev–Trinajstić information content (AvgIpc) is 3.50. The van der Waals surface area contributed by atoms with E-state index in [1.807, 2.05) is 30.3 Å². The van der Waals surface area contributed by atoms with E-state index in [0.717, 1.165) is 29.0 Å². The highest BCUT2D eigenvalue weighted by Gasteiger charge is 2.33. The second-order valence-corrected chi connectivity index (χ2v) is 9.84. The molecule has 0 radical (unpaired) electrons. The normalized spacial score (nSPS) is 15.5. The third-order valence-corrected chi connectivity index (χ3v) is 7.11. The minimum atomic E-state index is -4.48. The summed E-state index contributed by atoms with van der Waals surface area (Å²) in [7, 11) is 0. The summed E-state index contributed by atoms with van der Waals surface area (Å²) in [5.41, 5.74) is 0.325. The molecule has 0 saturated heterocycles. The van der Waals surface area contributed by atoms with Crippen LogP contribution in [0.25, 0.3) is 6.08 Å². The standard InChI is InChI=1S/C29H23F3N2O5S/c1-3-37-27(36)24-17(2)33-28-34(25(24)18-8-5-4-6-9-18)26(35)23(40-28)15-21-12-13-22(39-21)16-38-20-11-7-10-19(14-20)29(30,31)32/h4-15,25H,3,16H2,1-2H3/b23-15+. The predicted molar refractivity (Wildman–Crippen MR) is 141 cm³/mol. The number of carbonyl (C=O) groups is 1. The zero-order chi connectivity index (χ0) is 28.4. The van der Waals surface area contributed by atoms with Crippen molar-refractivity contribution in [2.75, 3.05) is 6.61 Å². The first-order valence-corrected chi connectivity index (χ1v) is 13.1. The molecule has 0 N–H and O–H groups in total. The van der Waals surface area contributed by atoms with Crippen molar-refractivity contribution < 1.29 is 31.9 Å². The minimum absolute atomic E-state index is 0.0507. The second kappa shape index (κ2) is 11.0. The van der Waals surface area contributed by atoms with Crippen molar-refractivity contribution in [2.45, 2.75) is 32.7 Å². The molecule has 2 aromatic heterocycles. The van der Waals surface area contributed by atoms with Gasteiger partial charge in [-0.25, -0.2) is 9.79 Å². The summed E-state index contributed by atoms with van der Waals surface area (Å²) in [5.74, 6) is 0.225. The van der Waals surface area contributed by atoms with Crippen LogP contribution in [0.1, 0.15) is 42.5 Å². The fourth-order valence-corrected chi connectivity index (χ4v) is 5.36. The summed E-state index contributed by atoms with van der Waals surface area (Å²) in [5, 5.41) is 0. The molecule has 1 aliphatic heterocycles. The van der Waals surface area contributed by atoms with E-state index in [-0.39, 0.29) is 24.5 Å². The third-order valence-electron chi connectivity index (χ3n) is 6.13. The van der Waals surface area contributed by atoms with Gasteiger partial charge in [0, 0.05) is 6.08 Å². The van der Waals surface area contributed by atoms with Gasteiger partial charge in [-0.3, -0.25) is 9.36 Å². The smallest absolute Gasteiger partial charge is 0.416 e. The van der Waals surface area contributed by atoms with Crippen LogP contribution in [0, 0.1) is 0 Å². The van der Waals surface area contributed by atoms with Crippen LogP contribution in [-0.2, 0) is 22.3 Å². The molecule has 5 rings (SSSR count). The van der Waals surface area contributed by atoms with Crippen LogP contribution in [0.4, 0.5) is 13.2 Å². The number of fused-ring (bicyclic) bond motifs is 1. The van der Waals surface area contributed by atoms with Gasteiger partial charge >= 0.3 is 12.1 Å². The number of halogens is 3. The molecule has 11 heteroatoms. The zero-order valence-electron chi connectivity index (χ0n) is 21.4. The minimum Gasteiger partial charge on any atom is -0.486 e. The Morgan fingerprint density at radius 3 is 2.62 bits per heavy atom. The van der Waals surface area contributed by atoms with E-state index in [9.17, 15) is 22.8 Å². The highest BCUT2D eigenvalue weighted by Crippen LogP contribution is 2.32. The predicted octanol–water partition coefficient (Wildman–Crippen LogP) is 4.99. The fraction of sp³-hybridized carbons (Fsp3) is 0.207. The lowest BCUT2D eigenvalue weighted by Crippen LogP contribution is -2.39. The molecule has 2 aromatic carbocycles. The molecule has 1 aliphatic rings. The second-order valence-electron chi connectivity index (χ2n) is 8.83. The number of hydrogen-bond acceptors (Lipinski definition) is 7. The number of aromatic nitrogens is 1. The van der Waals surface area contributed by atoms with Gasteiger partial charge in [0.25, 0.3) is 5.56 Å². The Kier molecular flexibility index (Phi) is 7.49. The first kappa shape index (κ1) is 27.2. The number of hydrogen-bond donors (Lipinski definition) is 0. The van der Waals surface area contributed by atoms with Crippen molar-refractivity contribution in [1.29, 1.82) is 0 Å². The highest BCUT2D eigenvalue weighted by atomic mass is 32.1. The molecular formula is C29H23F3N2O5S. The van der Waals surface area contributed by atoms with Gasteiger partial charge in [0.15, 0.2) is 4.80 Å². The van der Waals surface area contributed by atoms with E-state index >= 15 is 0 Å². The van der Waals surface area contributed by atoms with Crippen molar-refractivity contribution in [3.8, 4) is 5.75 Å². The maximum Gasteiger partial charge on any atom is 0.416 e. The van der Waals surface area contributed by atoms with Gasteiger partial charge in [-0.15, -0.1) is 0 Å². The van der Waals surface area contributed by atoms with Gasteiger partial charge < -0.3 is 13.9 Å². The first-order valence-electron chi connectivity index (χ1n) is 12.3. The van der Waals surface area contributed by atoms with E-state index in [4.69, 9.17) is 13.9 Å². The molecule has 0 saturated carbocycles. The maximum atomic E-state index is 13.6. The monoisotopic (exact) mass is 568 g/mol. The summed E-state index contributed by atoms with van der Waals surface area (Å²) in [6.45, 7) is 3.50. The molecule has 0 aliphatic carbocycles. The van der Waals surface area contributed by atoms with Crippen LogP contribution in [0.3, 0.4) is 0 Å². The van der Waals surface area contributed by atoms with Crippen LogP contribution in [0.15, 0.2) is 92.2 Å². The van der Waals surface area contributed by atoms with Crippen LogP contribution >= 0.6 is 11.3 Å². The molecule has 1 atom stereocenters. The molecule has 0 fully saturated rings. The summed E-state index contributed by atoms with van der Waals surface area (Å²) in [6.07, 6.45) is -2.92. The van der Waals surface area contributed by atoms with E-state index in [1.54, 1.807) is 32.1 Å². The summed E-state index contributed by atoms with van der Waals surface area (Å²) in [4.78, 5) is 31.5. The number of benzene rings is 2. The lowest BCUT2D eigenvalue weighted by Gasteiger charge is -2.24. The average molecular weight is 569 g/mol. The molecule has 40 heavy (non-hydrogen) atoms. The van der Waals surface area contributed by atoms with Crippen LogP contribution < -0.4 is 19.6 Å². The van der Waals surface area contributed by atoms with Crippen LogP contribution in [0.2, 0.25) is 0 Å². The summed E-state index contributed by atoms with van der Waals surface area (Å²) in [6, 6.07) is 16.3. The molecule has 7 nitrogen and oxygen atoms in total. The Morgan fingerprint density at radius 2 is 1.90 bits per heavy atom. The van der Waals surface area contributed by atoms with Gasteiger partial charge in [0.1, 0.15) is 23.9 Å². The molecule has 3 heterocycles. The molecular weight excluding hydrogens is 545 g/mol. The molecule has 0 amide bonds. The van der Waals surface area contributed by atoms with Gasteiger partial charge in [0.2, 0.25) is 0 Å². The van der Waals surface area contributed by atoms with Crippen LogP contribution in [-0.4, -0.2) is 17.1 Å². The molecule has 4 aromatic rings.